The molecule has 2 unspecified atom stereocenters. The summed E-state index contributed by atoms with van der Waals surface area (Å²) in [5.74, 6) is 0. The van der Waals surface area contributed by atoms with Crippen molar-refractivity contribution >= 4 is 33.2 Å². The molecule has 12 nitrogen and oxygen atoms in total. The molecule has 2 fully saturated rings. The molecule has 4 aromatic rings. The van der Waals surface area contributed by atoms with E-state index in [4.69, 9.17) is 9.47 Å². The zero-order valence-corrected chi connectivity index (χ0v) is 20.6. The third kappa shape index (κ3) is 6.46. The number of hydrogen-bond acceptors (Lipinski definition) is 8. The van der Waals surface area contributed by atoms with Crippen LogP contribution in [-0.4, -0.2) is 49.1 Å². The molecular formula is C25H30N6O6. The number of aromatic amines is 1. The third-order valence-corrected chi connectivity index (χ3v) is 6.31. The van der Waals surface area contributed by atoms with Crippen LogP contribution in [0.4, 0.5) is 11.4 Å². The molecule has 0 aliphatic carbocycles. The van der Waals surface area contributed by atoms with Gasteiger partial charge < -0.3 is 9.47 Å². The van der Waals surface area contributed by atoms with Gasteiger partial charge in [0.2, 0.25) is 0 Å². The van der Waals surface area contributed by atoms with Crippen LogP contribution in [0.15, 0.2) is 48.8 Å². The van der Waals surface area contributed by atoms with E-state index < -0.39 is 4.92 Å². The van der Waals surface area contributed by atoms with E-state index in [1.807, 2.05) is 6.07 Å². The van der Waals surface area contributed by atoms with E-state index >= 15 is 0 Å². The predicted molar refractivity (Wildman–Crippen MR) is 137 cm³/mol. The van der Waals surface area contributed by atoms with E-state index in [1.165, 1.54) is 37.6 Å². The van der Waals surface area contributed by atoms with Crippen LogP contribution in [0.3, 0.4) is 0 Å². The topological polar surface area (TPSA) is 151 Å². The first-order valence-corrected chi connectivity index (χ1v) is 12.4. The monoisotopic (exact) mass is 510 g/mol. The van der Waals surface area contributed by atoms with Crippen LogP contribution in [0.5, 0.6) is 0 Å². The van der Waals surface area contributed by atoms with E-state index in [9.17, 15) is 20.2 Å². The summed E-state index contributed by atoms with van der Waals surface area (Å²) in [7, 11) is 0. The highest BCUT2D eigenvalue weighted by Gasteiger charge is 2.21. The average molecular weight is 511 g/mol. The fourth-order valence-electron chi connectivity index (χ4n) is 4.37. The lowest BCUT2D eigenvalue weighted by Crippen LogP contribution is -2.18. The van der Waals surface area contributed by atoms with Gasteiger partial charge in [-0.1, -0.05) is 12.1 Å². The highest BCUT2D eigenvalue weighted by molar-refractivity contribution is 5.88. The Kier molecular flexibility index (Phi) is 8.75. The first-order chi connectivity index (χ1) is 18.0. The lowest BCUT2D eigenvalue weighted by Gasteiger charge is -2.23. The molecule has 2 aromatic carbocycles. The summed E-state index contributed by atoms with van der Waals surface area (Å²) in [6.07, 6.45) is 10.4. The standard InChI is InChI=1S/C12H13N3O3.C7H5N3O2.C6H12O/c16-15(17)11-5-3-4-10-9(11)8-13-14(10)12-6-1-2-7-18-12;11-10(12)7-3-1-2-6-5(7)4-8-9-6;1-6-4-2-3-5-7-6/h3-5,8,12H,1-2,6-7H2;1-4H,(H,8,9);6H,2-5H2,1H3. The van der Waals surface area contributed by atoms with Gasteiger partial charge in [0.15, 0.2) is 6.23 Å². The maximum Gasteiger partial charge on any atom is 0.280 e. The highest BCUT2D eigenvalue weighted by atomic mass is 16.6. The van der Waals surface area contributed by atoms with Gasteiger partial charge in [0.05, 0.1) is 50.2 Å². The number of H-pyrrole nitrogens is 1. The number of ether oxygens (including phenoxy) is 2. The molecule has 4 heterocycles. The number of nitrogens with one attached hydrogen (secondary N) is 1. The molecule has 2 aliphatic heterocycles. The van der Waals surface area contributed by atoms with Crippen molar-refractivity contribution in [1.82, 2.24) is 20.0 Å². The SMILES string of the molecule is CC1CCCCO1.O=[N+]([O-])c1cccc2[nH]ncc12.O=[N+]([O-])c1cccc2c1cnn2C1CCCCO1. The molecule has 2 aromatic heterocycles. The highest BCUT2D eigenvalue weighted by Crippen LogP contribution is 2.30. The number of benzene rings is 2. The van der Waals surface area contributed by atoms with Gasteiger partial charge in [-0.25, -0.2) is 4.68 Å². The van der Waals surface area contributed by atoms with Gasteiger partial charge in [-0.2, -0.15) is 10.2 Å². The van der Waals surface area contributed by atoms with Crippen molar-refractivity contribution < 1.29 is 19.3 Å². The van der Waals surface area contributed by atoms with Crippen LogP contribution in [-0.2, 0) is 9.47 Å². The third-order valence-electron chi connectivity index (χ3n) is 6.31. The molecule has 2 saturated heterocycles. The van der Waals surface area contributed by atoms with Gasteiger partial charge in [-0.15, -0.1) is 0 Å². The second kappa shape index (κ2) is 12.4. The quantitative estimate of drug-likeness (QED) is 0.273. The van der Waals surface area contributed by atoms with E-state index in [2.05, 4.69) is 22.2 Å². The van der Waals surface area contributed by atoms with Crippen molar-refractivity contribution in [3.8, 4) is 0 Å². The number of hydrogen-bond donors (Lipinski definition) is 1. The van der Waals surface area contributed by atoms with E-state index in [-0.39, 0.29) is 22.5 Å². The number of nitro benzene ring substituents is 2. The number of rotatable bonds is 3. The summed E-state index contributed by atoms with van der Waals surface area (Å²) in [5, 5.41) is 33.1. The molecule has 2 atom stereocenters. The zero-order valence-electron chi connectivity index (χ0n) is 20.6. The van der Waals surface area contributed by atoms with Gasteiger partial charge in [0, 0.05) is 25.3 Å². The van der Waals surface area contributed by atoms with Crippen LogP contribution in [0, 0.1) is 20.2 Å². The lowest BCUT2D eigenvalue weighted by molar-refractivity contribution is -0.383. The Balaban J connectivity index is 0.000000144. The molecule has 37 heavy (non-hydrogen) atoms. The zero-order chi connectivity index (χ0) is 26.2. The Morgan fingerprint density at radius 3 is 2.16 bits per heavy atom. The Bertz CT molecular complexity index is 1340. The summed E-state index contributed by atoms with van der Waals surface area (Å²) in [6, 6.07) is 9.84. The van der Waals surface area contributed by atoms with Gasteiger partial charge >= 0.3 is 0 Å². The fourth-order valence-corrected chi connectivity index (χ4v) is 4.37. The van der Waals surface area contributed by atoms with Crippen LogP contribution in [0.1, 0.15) is 51.7 Å². The minimum Gasteiger partial charge on any atom is -0.379 e. The molecule has 6 rings (SSSR count). The number of fused-ring (bicyclic) bond motifs is 2. The maximum atomic E-state index is 10.9. The van der Waals surface area contributed by atoms with Crippen LogP contribution in [0.25, 0.3) is 21.8 Å². The molecule has 0 saturated carbocycles. The van der Waals surface area contributed by atoms with Gasteiger partial charge in [-0.05, 0) is 57.6 Å². The Morgan fingerprint density at radius 2 is 1.57 bits per heavy atom. The van der Waals surface area contributed by atoms with Crippen molar-refractivity contribution in [2.75, 3.05) is 13.2 Å². The Morgan fingerprint density at radius 1 is 0.892 bits per heavy atom. The van der Waals surface area contributed by atoms with E-state index in [0.717, 1.165) is 38.0 Å². The van der Waals surface area contributed by atoms with Crippen LogP contribution < -0.4 is 0 Å². The number of nitro groups is 2. The summed E-state index contributed by atoms with van der Waals surface area (Å²) in [6.45, 7) is 3.85. The lowest BCUT2D eigenvalue weighted by atomic mass is 10.1. The number of non-ortho nitro benzene ring substituents is 2. The van der Waals surface area contributed by atoms with Crippen molar-refractivity contribution in [2.45, 2.75) is 57.8 Å². The summed E-state index contributed by atoms with van der Waals surface area (Å²) in [5.41, 5.74) is 1.62. The van der Waals surface area contributed by atoms with Crippen molar-refractivity contribution in [2.24, 2.45) is 0 Å². The van der Waals surface area contributed by atoms with Crippen molar-refractivity contribution in [3.05, 3.63) is 69.0 Å². The Hall–Kier alpha value is -3.90. The first kappa shape index (κ1) is 26.2. The van der Waals surface area contributed by atoms with Gasteiger partial charge in [-0.3, -0.25) is 25.3 Å². The number of nitrogens with zero attached hydrogens (tertiary/aromatic N) is 5. The molecule has 2 aliphatic rings. The molecule has 12 heteroatoms. The second-order valence-corrected chi connectivity index (χ2v) is 8.92. The largest absolute Gasteiger partial charge is 0.379 e. The number of aromatic nitrogens is 4. The van der Waals surface area contributed by atoms with Crippen LogP contribution in [0.2, 0.25) is 0 Å². The van der Waals surface area contributed by atoms with Crippen molar-refractivity contribution in [3.63, 3.8) is 0 Å². The minimum atomic E-state index is -0.419. The minimum absolute atomic E-state index is 0.0845. The predicted octanol–water partition coefficient (Wildman–Crippen LogP) is 5.69. The summed E-state index contributed by atoms with van der Waals surface area (Å²) >= 11 is 0. The van der Waals surface area contributed by atoms with Gasteiger partial charge in [0.25, 0.3) is 11.4 Å². The van der Waals surface area contributed by atoms with E-state index in [1.54, 1.807) is 29.1 Å². The van der Waals surface area contributed by atoms with Crippen LogP contribution >= 0.6 is 0 Å². The summed E-state index contributed by atoms with van der Waals surface area (Å²) in [4.78, 5) is 20.6. The smallest absolute Gasteiger partial charge is 0.280 e. The average Bonchev–Trinajstić information content (AvgIpc) is 3.57. The fraction of sp³-hybridized carbons (Fsp3) is 0.440. The Labute approximate surface area is 212 Å². The van der Waals surface area contributed by atoms with E-state index in [0.29, 0.717) is 22.4 Å². The van der Waals surface area contributed by atoms with Gasteiger partial charge in [0.1, 0.15) is 0 Å². The van der Waals surface area contributed by atoms with Crippen molar-refractivity contribution in [1.29, 1.82) is 0 Å². The normalized spacial score (nSPS) is 19.4. The molecule has 196 valence electrons. The molecule has 1 N–H and O–H groups in total. The molecule has 0 radical (unpaired) electrons. The molecular weight excluding hydrogens is 480 g/mol. The first-order valence-electron chi connectivity index (χ1n) is 12.4. The molecule has 0 bridgehead atoms. The second-order valence-electron chi connectivity index (χ2n) is 8.92. The summed E-state index contributed by atoms with van der Waals surface area (Å²) < 4.78 is 12.7. The maximum absolute atomic E-state index is 10.9. The molecule has 0 spiro atoms. The molecule has 0 amide bonds.